The van der Waals surface area contributed by atoms with E-state index in [0.29, 0.717) is 25.8 Å². The molecule has 2 aromatic rings. The first-order valence-electron chi connectivity index (χ1n) is 9.61. The average Bonchev–Trinajstić information content (AvgIpc) is 3.26. The molecule has 4 rings (SSSR count). The van der Waals surface area contributed by atoms with Gasteiger partial charge in [-0.15, -0.1) is 0 Å². The molecule has 1 aliphatic heterocycles. The first kappa shape index (κ1) is 18.9. The number of hydrogen-bond acceptors (Lipinski definition) is 5. The van der Waals surface area contributed by atoms with Gasteiger partial charge in [0.15, 0.2) is 0 Å². The Hall–Kier alpha value is -2.41. The summed E-state index contributed by atoms with van der Waals surface area (Å²) in [6, 6.07) is 20.3. The molecule has 1 saturated carbocycles. The third-order valence-corrected chi connectivity index (χ3v) is 5.35. The van der Waals surface area contributed by atoms with E-state index in [2.05, 4.69) is 10.3 Å². The summed E-state index contributed by atoms with van der Waals surface area (Å²) in [6.07, 6.45) is -1.31. The molecule has 1 aliphatic carbocycles. The number of hydrogen-bond donors (Lipinski definition) is 2. The van der Waals surface area contributed by atoms with Gasteiger partial charge in [-0.1, -0.05) is 60.7 Å². The normalized spacial score (nSPS) is 30.1. The fourth-order valence-corrected chi connectivity index (χ4v) is 3.90. The van der Waals surface area contributed by atoms with Gasteiger partial charge in [0.2, 0.25) is 0 Å². The summed E-state index contributed by atoms with van der Waals surface area (Å²) < 4.78 is 17.9. The molecule has 2 aliphatic rings. The molecule has 0 spiro atoms. The van der Waals surface area contributed by atoms with Crippen LogP contribution < -0.4 is 5.32 Å². The largest absolute Gasteiger partial charge is 0.459 e. The summed E-state index contributed by atoms with van der Waals surface area (Å²) in [7, 11) is 1.68. The van der Waals surface area contributed by atoms with Crippen LogP contribution in [0.3, 0.4) is 0 Å². The van der Waals surface area contributed by atoms with Crippen molar-refractivity contribution in [1.29, 1.82) is 0 Å². The van der Waals surface area contributed by atoms with Crippen LogP contribution in [0.4, 0.5) is 0 Å². The second-order valence-electron chi connectivity index (χ2n) is 7.20. The van der Waals surface area contributed by atoms with Crippen molar-refractivity contribution in [1.82, 2.24) is 5.32 Å². The fraction of sp³-hybridized carbons (Fsp3) is 0.409. The van der Waals surface area contributed by atoms with E-state index in [1.165, 1.54) is 0 Å². The molecule has 5 atom stereocenters. The maximum atomic E-state index is 10.9. The Morgan fingerprint density at radius 3 is 2.29 bits per heavy atom. The lowest BCUT2D eigenvalue weighted by Gasteiger charge is -2.23. The van der Waals surface area contributed by atoms with E-state index in [0.717, 1.165) is 11.1 Å². The number of benzene rings is 2. The van der Waals surface area contributed by atoms with Gasteiger partial charge in [-0.25, -0.2) is 4.99 Å². The van der Waals surface area contributed by atoms with Gasteiger partial charge in [-0.05, 0) is 11.1 Å². The molecule has 2 fully saturated rings. The van der Waals surface area contributed by atoms with Crippen molar-refractivity contribution in [2.24, 2.45) is 10.9 Å². The van der Waals surface area contributed by atoms with E-state index < -0.39 is 12.2 Å². The van der Waals surface area contributed by atoms with Gasteiger partial charge < -0.3 is 24.6 Å². The molecule has 0 bridgehead atoms. The van der Waals surface area contributed by atoms with Crippen LogP contribution in [-0.2, 0) is 27.4 Å². The molecule has 0 unspecified atom stereocenters. The Morgan fingerprint density at radius 2 is 1.64 bits per heavy atom. The molecule has 6 nitrogen and oxygen atoms in total. The van der Waals surface area contributed by atoms with Crippen LogP contribution in [0.15, 0.2) is 65.7 Å². The Bertz CT molecular complexity index is 784. The molecule has 148 valence electrons. The lowest BCUT2D eigenvalue weighted by molar-refractivity contribution is -0.0629. The number of aliphatic imine (C=N–C) groups is 1. The minimum atomic E-state index is -0.680. The Morgan fingerprint density at radius 1 is 1.00 bits per heavy atom. The third-order valence-electron chi connectivity index (χ3n) is 5.35. The van der Waals surface area contributed by atoms with Gasteiger partial charge in [0.05, 0.1) is 37.9 Å². The van der Waals surface area contributed by atoms with Crippen molar-refractivity contribution in [3.63, 3.8) is 0 Å². The van der Waals surface area contributed by atoms with Gasteiger partial charge in [0.25, 0.3) is 6.02 Å². The summed E-state index contributed by atoms with van der Waals surface area (Å²) in [5, 5.41) is 14.2. The third kappa shape index (κ3) is 4.04. The molecule has 2 N–H and O–H groups in total. The molecule has 1 saturated heterocycles. The number of fused-ring (bicyclic) bond motifs is 1. The van der Waals surface area contributed by atoms with E-state index in [-0.39, 0.29) is 18.1 Å². The molecule has 0 amide bonds. The Labute approximate surface area is 165 Å². The highest BCUT2D eigenvalue weighted by Gasteiger charge is 2.56. The first-order chi connectivity index (χ1) is 13.8. The van der Waals surface area contributed by atoms with Crippen molar-refractivity contribution in [2.45, 2.75) is 37.6 Å². The number of nitrogens with zero attached hydrogens (tertiary/aromatic N) is 1. The predicted octanol–water partition coefficient (Wildman–Crippen LogP) is 2.12. The number of nitrogens with one attached hydrogen (secondary N) is 1. The van der Waals surface area contributed by atoms with E-state index in [4.69, 9.17) is 14.2 Å². The second-order valence-corrected chi connectivity index (χ2v) is 7.20. The van der Waals surface area contributed by atoms with Crippen LogP contribution in [0.25, 0.3) is 0 Å². The lowest BCUT2D eigenvalue weighted by Crippen LogP contribution is -2.42. The smallest absolute Gasteiger partial charge is 0.285 e. The first-order valence-corrected chi connectivity index (χ1v) is 9.61. The highest BCUT2D eigenvalue weighted by molar-refractivity contribution is 5.76. The lowest BCUT2D eigenvalue weighted by atomic mass is 10.0. The highest BCUT2D eigenvalue weighted by atomic mass is 16.5. The molecule has 6 heteroatoms. The van der Waals surface area contributed by atoms with Crippen LogP contribution >= 0.6 is 0 Å². The quantitative estimate of drug-likeness (QED) is 0.768. The standard InChI is InChI=1S/C22H26N2O4/c1-23-22-24-18-20(28-22)17(14-26-12-15-8-4-2-5-9-15)19(25)21(18)27-13-16-10-6-3-7-11-16/h2-11,17-21,25H,12-14H2,1H3,(H,23,24)/t17-,18+,19-,20+,21-/m1/s1. The number of amidine groups is 1. The maximum Gasteiger partial charge on any atom is 0.285 e. The van der Waals surface area contributed by atoms with Crippen molar-refractivity contribution in [3.05, 3.63) is 71.8 Å². The number of aliphatic hydroxyl groups excluding tert-OH is 1. The van der Waals surface area contributed by atoms with E-state index in [1.807, 2.05) is 60.7 Å². The zero-order valence-corrected chi connectivity index (χ0v) is 15.9. The highest BCUT2D eigenvalue weighted by Crippen LogP contribution is 2.36. The monoisotopic (exact) mass is 382 g/mol. The Kier molecular flexibility index (Phi) is 5.90. The second kappa shape index (κ2) is 8.73. The van der Waals surface area contributed by atoms with Gasteiger partial charge in [-0.3, -0.25) is 0 Å². The van der Waals surface area contributed by atoms with Gasteiger partial charge in [0, 0.05) is 7.05 Å². The zero-order chi connectivity index (χ0) is 19.3. The van der Waals surface area contributed by atoms with Crippen LogP contribution in [0.1, 0.15) is 11.1 Å². The van der Waals surface area contributed by atoms with Crippen molar-refractivity contribution < 1.29 is 19.3 Å². The molecule has 2 aromatic carbocycles. The number of rotatable bonds is 7. The molecule has 28 heavy (non-hydrogen) atoms. The Balaban J connectivity index is 1.41. The van der Waals surface area contributed by atoms with Crippen molar-refractivity contribution in [2.75, 3.05) is 13.7 Å². The molecular weight excluding hydrogens is 356 g/mol. The van der Waals surface area contributed by atoms with Crippen molar-refractivity contribution >= 4 is 6.02 Å². The topological polar surface area (TPSA) is 72.3 Å². The van der Waals surface area contributed by atoms with Crippen LogP contribution in [-0.4, -0.2) is 49.1 Å². The fourth-order valence-electron chi connectivity index (χ4n) is 3.90. The summed E-state index contributed by atoms with van der Waals surface area (Å²) >= 11 is 0. The van der Waals surface area contributed by atoms with Crippen LogP contribution in [0, 0.1) is 5.92 Å². The molecule has 0 radical (unpaired) electrons. The minimum Gasteiger partial charge on any atom is -0.459 e. The molecule has 0 aromatic heterocycles. The van der Waals surface area contributed by atoms with Crippen LogP contribution in [0.5, 0.6) is 0 Å². The van der Waals surface area contributed by atoms with Gasteiger partial charge in [0.1, 0.15) is 12.2 Å². The van der Waals surface area contributed by atoms with E-state index in [1.54, 1.807) is 7.05 Å². The minimum absolute atomic E-state index is 0.150. The summed E-state index contributed by atoms with van der Waals surface area (Å²) in [6.45, 7) is 1.32. The molecule has 1 heterocycles. The summed E-state index contributed by atoms with van der Waals surface area (Å²) in [5.74, 6) is -0.193. The number of ether oxygens (including phenoxy) is 3. The number of aliphatic hydroxyl groups is 1. The predicted molar refractivity (Wildman–Crippen MR) is 106 cm³/mol. The van der Waals surface area contributed by atoms with Gasteiger partial charge in [-0.2, -0.15) is 0 Å². The average molecular weight is 382 g/mol. The summed E-state index contributed by atoms with van der Waals surface area (Å²) in [5.41, 5.74) is 2.17. The van der Waals surface area contributed by atoms with E-state index in [9.17, 15) is 5.11 Å². The van der Waals surface area contributed by atoms with E-state index >= 15 is 0 Å². The van der Waals surface area contributed by atoms with Crippen LogP contribution in [0.2, 0.25) is 0 Å². The zero-order valence-electron chi connectivity index (χ0n) is 15.9. The SMILES string of the molecule is CN=C1N[C@@H]2[C@@H](OCc3ccccc3)[C@H](O)[C@@H](COCc3ccccc3)[C@@H]2O1. The summed E-state index contributed by atoms with van der Waals surface area (Å²) in [4.78, 5) is 4.12. The maximum absolute atomic E-state index is 10.9. The van der Waals surface area contributed by atoms with Gasteiger partial charge >= 0.3 is 0 Å². The van der Waals surface area contributed by atoms with Crippen molar-refractivity contribution in [3.8, 4) is 0 Å². The molecular formula is C22H26N2O4.